The molecular weight excluding hydrogens is 242 g/mol. The topological polar surface area (TPSA) is 41.9 Å². The van der Waals surface area contributed by atoms with Gasteiger partial charge in [-0.05, 0) is 36.5 Å². The number of ether oxygens (including phenoxy) is 2. The van der Waals surface area contributed by atoms with Crippen molar-refractivity contribution in [2.24, 2.45) is 5.92 Å². The van der Waals surface area contributed by atoms with E-state index >= 15 is 0 Å². The van der Waals surface area contributed by atoms with E-state index in [1.54, 1.807) is 14.2 Å². The Morgan fingerprint density at radius 3 is 2.47 bits per heavy atom. The van der Waals surface area contributed by atoms with Crippen LogP contribution in [0.15, 0.2) is 18.2 Å². The van der Waals surface area contributed by atoms with Crippen molar-refractivity contribution in [1.29, 1.82) is 0 Å². The van der Waals surface area contributed by atoms with Gasteiger partial charge in [0.25, 0.3) is 0 Å². The maximum atomic E-state index is 10.3. The van der Waals surface area contributed by atoms with Crippen LogP contribution in [0.3, 0.4) is 0 Å². The van der Waals surface area contributed by atoms with Crippen molar-refractivity contribution in [2.75, 3.05) is 27.3 Å². The Morgan fingerprint density at radius 2 is 1.89 bits per heavy atom. The van der Waals surface area contributed by atoms with Crippen LogP contribution in [0.1, 0.15) is 18.4 Å². The number of nitrogens with zero attached hydrogens (tertiary/aromatic N) is 1. The van der Waals surface area contributed by atoms with E-state index in [2.05, 4.69) is 11.0 Å². The van der Waals surface area contributed by atoms with Crippen molar-refractivity contribution in [3.05, 3.63) is 23.8 Å². The molecule has 4 nitrogen and oxygen atoms in total. The van der Waals surface area contributed by atoms with Gasteiger partial charge in [-0.25, -0.2) is 0 Å². The maximum Gasteiger partial charge on any atom is 0.161 e. The number of methoxy groups -OCH3 is 2. The number of hydrogen-bond acceptors (Lipinski definition) is 4. The highest BCUT2D eigenvalue weighted by molar-refractivity contribution is 5.42. The second kappa shape index (κ2) is 4.69. The molecule has 1 aromatic rings. The van der Waals surface area contributed by atoms with Crippen molar-refractivity contribution in [3.8, 4) is 11.5 Å². The fourth-order valence-electron chi connectivity index (χ4n) is 2.96. The molecule has 0 unspecified atom stereocenters. The Balaban J connectivity index is 1.61. The fraction of sp³-hybridized carbons (Fsp3) is 0.600. The normalized spacial score (nSPS) is 21.8. The number of aliphatic hydroxyl groups is 1. The molecule has 2 fully saturated rings. The van der Waals surface area contributed by atoms with Crippen LogP contribution in [-0.4, -0.2) is 42.9 Å². The molecule has 1 N–H and O–H groups in total. The number of benzene rings is 1. The molecule has 4 heteroatoms. The van der Waals surface area contributed by atoms with Gasteiger partial charge in [-0.1, -0.05) is 6.07 Å². The molecular formula is C15H21NO3. The van der Waals surface area contributed by atoms with Gasteiger partial charge in [-0.3, -0.25) is 4.90 Å². The third kappa shape index (κ3) is 2.42. The Bertz CT molecular complexity index is 464. The summed E-state index contributed by atoms with van der Waals surface area (Å²) >= 11 is 0. The van der Waals surface area contributed by atoms with E-state index < -0.39 is 5.60 Å². The molecule has 0 spiro atoms. The molecule has 0 bridgehead atoms. The lowest BCUT2D eigenvalue weighted by molar-refractivity contribution is -0.116. The van der Waals surface area contributed by atoms with Gasteiger partial charge in [0.15, 0.2) is 11.5 Å². The summed E-state index contributed by atoms with van der Waals surface area (Å²) in [4.78, 5) is 2.28. The molecule has 0 amide bonds. The highest BCUT2D eigenvalue weighted by Gasteiger charge is 2.51. The highest BCUT2D eigenvalue weighted by Crippen LogP contribution is 2.44. The first kappa shape index (κ1) is 12.8. The SMILES string of the molecule is COc1ccc(CN2CC(O)(C3CC3)C2)cc1OC. The average molecular weight is 263 g/mol. The lowest BCUT2D eigenvalue weighted by Gasteiger charge is -2.47. The van der Waals surface area contributed by atoms with Gasteiger partial charge in [0.1, 0.15) is 0 Å². The van der Waals surface area contributed by atoms with E-state index in [1.165, 1.54) is 18.4 Å². The smallest absolute Gasteiger partial charge is 0.161 e. The lowest BCUT2D eigenvalue weighted by atomic mass is 9.88. The molecule has 0 atom stereocenters. The molecule has 104 valence electrons. The van der Waals surface area contributed by atoms with E-state index in [1.807, 2.05) is 12.1 Å². The monoisotopic (exact) mass is 263 g/mol. The van der Waals surface area contributed by atoms with E-state index in [4.69, 9.17) is 9.47 Å². The lowest BCUT2D eigenvalue weighted by Crippen LogP contribution is -2.62. The fourth-order valence-corrected chi connectivity index (χ4v) is 2.96. The second-order valence-electron chi connectivity index (χ2n) is 5.71. The van der Waals surface area contributed by atoms with Gasteiger partial charge in [0.05, 0.1) is 19.8 Å². The number of β-amino-alcohol motifs (C(OH)–C–C–N with tert-alkyl or cyclic N) is 1. The van der Waals surface area contributed by atoms with Gasteiger partial charge in [-0.2, -0.15) is 0 Å². The van der Waals surface area contributed by atoms with Crippen molar-refractivity contribution >= 4 is 0 Å². The minimum Gasteiger partial charge on any atom is -0.493 e. The molecule has 1 aromatic carbocycles. The van der Waals surface area contributed by atoms with Gasteiger partial charge in [-0.15, -0.1) is 0 Å². The molecule has 19 heavy (non-hydrogen) atoms. The van der Waals surface area contributed by atoms with Crippen LogP contribution >= 0.6 is 0 Å². The summed E-state index contributed by atoms with van der Waals surface area (Å²) in [6, 6.07) is 5.99. The minimum atomic E-state index is -0.406. The van der Waals surface area contributed by atoms with Gasteiger partial charge in [0, 0.05) is 19.6 Å². The summed E-state index contributed by atoms with van der Waals surface area (Å²) in [5.41, 5.74) is 0.784. The Kier molecular flexibility index (Phi) is 3.15. The molecule has 1 saturated heterocycles. The van der Waals surface area contributed by atoms with Gasteiger partial charge in [0.2, 0.25) is 0 Å². The van der Waals surface area contributed by atoms with Crippen molar-refractivity contribution in [2.45, 2.75) is 25.0 Å². The molecule has 2 aliphatic rings. The molecule has 1 heterocycles. The number of likely N-dealkylation sites (tertiary alicyclic amines) is 1. The van der Waals surface area contributed by atoms with E-state index in [9.17, 15) is 5.11 Å². The van der Waals surface area contributed by atoms with Crippen LogP contribution in [-0.2, 0) is 6.54 Å². The van der Waals surface area contributed by atoms with E-state index in [-0.39, 0.29) is 0 Å². The van der Waals surface area contributed by atoms with Crippen LogP contribution in [0, 0.1) is 5.92 Å². The van der Waals surface area contributed by atoms with Crippen LogP contribution in [0.25, 0.3) is 0 Å². The van der Waals surface area contributed by atoms with Crippen molar-refractivity contribution < 1.29 is 14.6 Å². The summed E-state index contributed by atoms with van der Waals surface area (Å²) in [7, 11) is 3.29. The largest absolute Gasteiger partial charge is 0.493 e. The minimum absolute atomic E-state index is 0.406. The summed E-state index contributed by atoms with van der Waals surface area (Å²) in [5.74, 6) is 2.07. The third-order valence-corrected chi connectivity index (χ3v) is 4.19. The Labute approximate surface area is 113 Å². The van der Waals surface area contributed by atoms with E-state index in [0.717, 1.165) is 31.1 Å². The second-order valence-corrected chi connectivity index (χ2v) is 5.71. The summed E-state index contributed by atoms with van der Waals surface area (Å²) in [6.07, 6.45) is 2.39. The molecule has 1 aliphatic carbocycles. The number of rotatable bonds is 5. The zero-order chi connectivity index (χ0) is 13.5. The third-order valence-electron chi connectivity index (χ3n) is 4.19. The van der Waals surface area contributed by atoms with Crippen LogP contribution in [0.2, 0.25) is 0 Å². The quantitative estimate of drug-likeness (QED) is 0.877. The Morgan fingerprint density at radius 1 is 1.21 bits per heavy atom. The zero-order valence-electron chi connectivity index (χ0n) is 11.6. The molecule has 1 saturated carbocycles. The van der Waals surface area contributed by atoms with Crippen LogP contribution in [0.5, 0.6) is 11.5 Å². The van der Waals surface area contributed by atoms with Crippen LogP contribution < -0.4 is 9.47 Å². The van der Waals surface area contributed by atoms with Gasteiger partial charge < -0.3 is 14.6 Å². The molecule has 0 aromatic heterocycles. The van der Waals surface area contributed by atoms with Crippen molar-refractivity contribution in [1.82, 2.24) is 4.90 Å². The summed E-state index contributed by atoms with van der Waals surface area (Å²) in [6.45, 7) is 2.45. The standard InChI is InChI=1S/C15H21NO3/c1-18-13-6-3-11(7-14(13)19-2)8-16-9-15(17,10-16)12-4-5-12/h3,6-7,12,17H,4-5,8-10H2,1-2H3. The van der Waals surface area contributed by atoms with Gasteiger partial charge >= 0.3 is 0 Å². The number of hydrogen-bond donors (Lipinski definition) is 1. The highest BCUT2D eigenvalue weighted by atomic mass is 16.5. The predicted octanol–water partition coefficient (Wildman–Crippen LogP) is 1.66. The maximum absolute atomic E-state index is 10.3. The van der Waals surface area contributed by atoms with Crippen LogP contribution in [0.4, 0.5) is 0 Å². The summed E-state index contributed by atoms with van der Waals surface area (Å²) < 4.78 is 10.5. The summed E-state index contributed by atoms with van der Waals surface area (Å²) in [5, 5.41) is 10.3. The molecule has 1 aliphatic heterocycles. The Hall–Kier alpha value is -1.26. The average Bonchev–Trinajstić information content (AvgIpc) is 3.21. The molecule has 0 radical (unpaired) electrons. The zero-order valence-corrected chi connectivity index (χ0v) is 11.6. The predicted molar refractivity (Wildman–Crippen MR) is 72.5 cm³/mol. The first-order chi connectivity index (χ1) is 9.14. The molecule has 3 rings (SSSR count). The first-order valence-corrected chi connectivity index (χ1v) is 6.80. The van der Waals surface area contributed by atoms with E-state index in [0.29, 0.717) is 5.92 Å². The van der Waals surface area contributed by atoms with Crippen molar-refractivity contribution in [3.63, 3.8) is 0 Å². The first-order valence-electron chi connectivity index (χ1n) is 6.80.